The first kappa shape index (κ1) is 16.6. The van der Waals surface area contributed by atoms with Gasteiger partial charge in [0, 0.05) is 6.07 Å². The molecule has 1 saturated carbocycles. The van der Waals surface area contributed by atoms with Crippen LogP contribution in [0.15, 0.2) is 36.4 Å². The van der Waals surface area contributed by atoms with Gasteiger partial charge in [-0.2, -0.15) is 0 Å². The zero-order valence-electron chi connectivity index (χ0n) is 14.8. The van der Waals surface area contributed by atoms with Crippen molar-refractivity contribution in [1.29, 1.82) is 0 Å². The van der Waals surface area contributed by atoms with E-state index in [1.54, 1.807) is 32.4 Å². The van der Waals surface area contributed by atoms with Crippen LogP contribution in [-0.2, 0) is 10.2 Å². The first-order valence-electron chi connectivity index (χ1n) is 8.60. The van der Waals surface area contributed by atoms with Crippen LogP contribution >= 0.6 is 0 Å². The molecule has 6 heteroatoms. The highest BCUT2D eigenvalue weighted by atomic mass is 16.6. The van der Waals surface area contributed by atoms with Gasteiger partial charge in [0.1, 0.15) is 24.7 Å². The lowest BCUT2D eigenvalue weighted by molar-refractivity contribution is -0.118. The van der Waals surface area contributed by atoms with E-state index < -0.39 is 5.41 Å². The van der Waals surface area contributed by atoms with E-state index in [-0.39, 0.29) is 5.91 Å². The minimum absolute atomic E-state index is 0.0549. The standard InChI is InChI=1S/C20H21NO5/c1-23-14-4-6-16(24-2)15(12-14)21-19(22)20(7-8-20)13-3-5-17-18(11-13)26-10-9-25-17/h3-6,11-12H,7-10H2,1-2H3,(H,21,22). The largest absolute Gasteiger partial charge is 0.497 e. The Morgan fingerprint density at radius 3 is 2.46 bits per heavy atom. The third kappa shape index (κ3) is 2.81. The van der Waals surface area contributed by atoms with Gasteiger partial charge in [-0.3, -0.25) is 4.79 Å². The van der Waals surface area contributed by atoms with Crippen LogP contribution in [0.4, 0.5) is 5.69 Å². The summed E-state index contributed by atoms with van der Waals surface area (Å²) in [7, 11) is 3.16. The molecule has 1 aliphatic carbocycles. The Kier molecular flexibility index (Phi) is 4.11. The van der Waals surface area contributed by atoms with Crippen LogP contribution < -0.4 is 24.3 Å². The van der Waals surface area contributed by atoms with E-state index in [1.807, 2.05) is 18.2 Å². The highest BCUT2D eigenvalue weighted by Gasteiger charge is 2.51. The lowest BCUT2D eigenvalue weighted by Crippen LogP contribution is -2.28. The van der Waals surface area contributed by atoms with E-state index in [0.29, 0.717) is 36.1 Å². The normalized spacial score (nSPS) is 16.5. The summed E-state index contributed by atoms with van der Waals surface area (Å²) in [5.74, 6) is 2.63. The molecule has 1 N–H and O–H groups in total. The van der Waals surface area contributed by atoms with E-state index in [4.69, 9.17) is 18.9 Å². The van der Waals surface area contributed by atoms with E-state index in [0.717, 1.165) is 24.2 Å². The molecule has 26 heavy (non-hydrogen) atoms. The predicted octanol–water partition coefficient (Wildman–Crippen LogP) is 3.15. The number of benzene rings is 2. The molecule has 0 aromatic heterocycles. The first-order valence-corrected chi connectivity index (χ1v) is 8.60. The topological polar surface area (TPSA) is 66.0 Å². The van der Waals surface area contributed by atoms with Crippen molar-refractivity contribution in [1.82, 2.24) is 0 Å². The van der Waals surface area contributed by atoms with Crippen LogP contribution in [0.3, 0.4) is 0 Å². The molecule has 1 amide bonds. The Morgan fingerprint density at radius 1 is 1.00 bits per heavy atom. The molecule has 136 valence electrons. The second-order valence-corrected chi connectivity index (χ2v) is 6.46. The number of ether oxygens (including phenoxy) is 4. The summed E-state index contributed by atoms with van der Waals surface area (Å²) in [5.41, 5.74) is 1.01. The van der Waals surface area contributed by atoms with Crippen LogP contribution in [0.1, 0.15) is 18.4 Å². The molecule has 2 aromatic carbocycles. The van der Waals surface area contributed by atoms with Crippen molar-refractivity contribution in [2.75, 3.05) is 32.8 Å². The van der Waals surface area contributed by atoms with Crippen LogP contribution in [-0.4, -0.2) is 33.3 Å². The number of hydrogen-bond acceptors (Lipinski definition) is 5. The lowest BCUT2D eigenvalue weighted by Gasteiger charge is -2.22. The van der Waals surface area contributed by atoms with Crippen molar-refractivity contribution in [3.8, 4) is 23.0 Å². The van der Waals surface area contributed by atoms with Gasteiger partial charge in [-0.1, -0.05) is 6.07 Å². The van der Waals surface area contributed by atoms with Crippen molar-refractivity contribution in [2.24, 2.45) is 0 Å². The summed E-state index contributed by atoms with van der Waals surface area (Å²) in [6.07, 6.45) is 1.59. The van der Waals surface area contributed by atoms with Gasteiger partial charge in [-0.25, -0.2) is 0 Å². The average Bonchev–Trinajstić information content (AvgIpc) is 3.49. The van der Waals surface area contributed by atoms with E-state index in [1.165, 1.54) is 0 Å². The number of hydrogen-bond donors (Lipinski definition) is 1. The van der Waals surface area contributed by atoms with Gasteiger partial charge in [0.15, 0.2) is 11.5 Å². The van der Waals surface area contributed by atoms with E-state index >= 15 is 0 Å². The molecule has 6 nitrogen and oxygen atoms in total. The summed E-state index contributed by atoms with van der Waals surface area (Å²) in [5, 5.41) is 3.00. The molecule has 2 aliphatic rings. The molecule has 0 spiro atoms. The Balaban J connectivity index is 1.60. The fraction of sp³-hybridized carbons (Fsp3) is 0.350. The summed E-state index contributed by atoms with van der Waals surface area (Å²) in [6.45, 7) is 1.07. The van der Waals surface area contributed by atoms with Crippen molar-refractivity contribution in [3.63, 3.8) is 0 Å². The van der Waals surface area contributed by atoms with Crippen molar-refractivity contribution in [3.05, 3.63) is 42.0 Å². The summed E-state index contributed by atoms with van der Waals surface area (Å²) < 4.78 is 21.8. The maximum absolute atomic E-state index is 13.1. The number of anilines is 1. The minimum atomic E-state index is -0.538. The summed E-state index contributed by atoms with van der Waals surface area (Å²) in [6, 6.07) is 11.1. The van der Waals surface area contributed by atoms with E-state index in [9.17, 15) is 4.79 Å². The molecule has 0 atom stereocenters. The smallest absolute Gasteiger partial charge is 0.235 e. The molecular weight excluding hydrogens is 334 g/mol. The molecule has 0 saturated heterocycles. The second kappa shape index (κ2) is 6.44. The maximum atomic E-state index is 13.1. The maximum Gasteiger partial charge on any atom is 0.235 e. The monoisotopic (exact) mass is 355 g/mol. The van der Waals surface area contributed by atoms with Crippen molar-refractivity contribution >= 4 is 11.6 Å². The average molecular weight is 355 g/mol. The number of nitrogens with one attached hydrogen (secondary N) is 1. The van der Waals surface area contributed by atoms with E-state index in [2.05, 4.69) is 5.32 Å². The zero-order valence-corrected chi connectivity index (χ0v) is 14.8. The zero-order chi connectivity index (χ0) is 18.1. The van der Waals surface area contributed by atoms with Crippen LogP contribution in [0.5, 0.6) is 23.0 Å². The van der Waals surface area contributed by atoms with Gasteiger partial charge >= 0.3 is 0 Å². The van der Waals surface area contributed by atoms with Gasteiger partial charge in [0.25, 0.3) is 0 Å². The third-order valence-corrected chi connectivity index (χ3v) is 4.93. The minimum Gasteiger partial charge on any atom is -0.497 e. The fourth-order valence-corrected chi connectivity index (χ4v) is 3.27. The number of carbonyl (C=O) groups excluding carboxylic acids is 1. The first-order chi connectivity index (χ1) is 12.7. The fourth-order valence-electron chi connectivity index (χ4n) is 3.27. The molecule has 0 unspecified atom stereocenters. The Hall–Kier alpha value is -2.89. The van der Waals surface area contributed by atoms with Gasteiger partial charge in [-0.15, -0.1) is 0 Å². The van der Waals surface area contributed by atoms with Crippen LogP contribution in [0.2, 0.25) is 0 Å². The number of fused-ring (bicyclic) bond motifs is 1. The summed E-state index contributed by atoms with van der Waals surface area (Å²) >= 11 is 0. The molecule has 0 radical (unpaired) electrons. The summed E-state index contributed by atoms with van der Waals surface area (Å²) in [4.78, 5) is 13.1. The second-order valence-electron chi connectivity index (χ2n) is 6.46. The quantitative estimate of drug-likeness (QED) is 0.893. The molecular formula is C20H21NO5. The van der Waals surface area contributed by atoms with Crippen LogP contribution in [0.25, 0.3) is 0 Å². The third-order valence-electron chi connectivity index (χ3n) is 4.93. The van der Waals surface area contributed by atoms with Gasteiger partial charge < -0.3 is 24.3 Å². The van der Waals surface area contributed by atoms with Gasteiger partial charge in [-0.05, 0) is 42.7 Å². The number of amides is 1. The SMILES string of the molecule is COc1ccc(OC)c(NC(=O)C2(c3ccc4c(c3)OCCO4)CC2)c1. The van der Waals surface area contributed by atoms with Gasteiger partial charge in [0.05, 0.1) is 25.3 Å². The molecule has 1 fully saturated rings. The number of methoxy groups -OCH3 is 2. The lowest BCUT2D eigenvalue weighted by atomic mass is 9.94. The Morgan fingerprint density at radius 2 is 1.77 bits per heavy atom. The molecule has 0 bridgehead atoms. The van der Waals surface area contributed by atoms with Crippen molar-refractivity contribution < 1.29 is 23.7 Å². The highest BCUT2D eigenvalue weighted by molar-refractivity contribution is 6.02. The van der Waals surface area contributed by atoms with Crippen molar-refractivity contribution in [2.45, 2.75) is 18.3 Å². The Bertz CT molecular complexity index is 844. The van der Waals surface area contributed by atoms with Crippen LogP contribution in [0, 0.1) is 0 Å². The predicted molar refractivity (Wildman–Crippen MR) is 96.5 cm³/mol. The molecule has 1 aliphatic heterocycles. The molecule has 1 heterocycles. The Labute approximate surface area is 152 Å². The highest BCUT2D eigenvalue weighted by Crippen LogP contribution is 2.51. The number of rotatable bonds is 5. The molecule has 2 aromatic rings. The molecule has 4 rings (SSSR count). The number of carbonyl (C=O) groups is 1. The van der Waals surface area contributed by atoms with Gasteiger partial charge in [0.2, 0.25) is 5.91 Å².